The molecule has 3 aromatic rings. The van der Waals surface area contributed by atoms with Gasteiger partial charge in [-0.25, -0.2) is 15.0 Å². The zero-order valence-electron chi connectivity index (χ0n) is 27.1. The van der Waals surface area contributed by atoms with E-state index in [0.717, 1.165) is 60.9 Å². The van der Waals surface area contributed by atoms with Crippen molar-refractivity contribution in [3.63, 3.8) is 0 Å². The van der Waals surface area contributed by atoms with E-state index in [9.17, 15) is 15.0 Å². The van der Waals surface area contributed by atoms with Gasteiger partial charge in [0.25, 0.3) is 0 Å². The number of nitrogens with zero attached hydrogens (tertiary/aromatic N) is 3. The minimum Gasteiger partial charge on any atom is -0.393 e. The number of para-hydroxylation sites is 2. The minimum absolute atomic E-state index is 0.00598. The van der Waals surface area contributed by atoms with E-state index in [2.05, 4.69) is 57.1 Å². The van der Waals surface area contributed by atoms with Crippen LogP contribution in [0.5, 0.6) is 0 Å². The predicted octanol–water partition coefficient (Wildman–Crippen LogP) is 6.93. The molecular weight excluding hydrogens is 568 g/mol. The Balaban J connectivity index is 1.18. The lowest BCUT2D eigenvalue weighted by Gasteiger charge is -2.69. The first kappa shape index (κ1) is 30.2. The molecule has 0 spiro atoms. The second-order valence-electron chi connectivity index (χ2n) is 16.1. The van der Waals surface area contributed by atoms with Crippen molar-refractivity contribution < 1.29 is 15.0 Å². The maximum atomic E-state index is 12.7. The highest BCUT2D eigenvalue weighted by molar-refractivity contribution is 7.13. The van der Waals surface area contributed by atoms with Crippen molar-refractivity contribution in [2.75, 3.05) is 5.32 Å². The van der Waals surface area contributed by atoms with Crippen LogP contribution in [0, 0.1) is 39.9 Å². The summed E-state index contributed by atoms with van der Waals surface area (Å²) in [4.78, 5) is 27.3. The first-order valence-corrected chi connectivity index (χ1v) is 17.4. The topological polar surface area (TPSA) is 108 Å². The first-order valence-electron chi connectivity index (χ1n) is 16.6. The second kappa shape index (κ2) is 10.0. The Hall–Kier alpha value is -2.42. The third kappa shape index (κ3) is 4.26. The summed E-state index contributed by atoms with van der Waals surface area (Å²) >= 11 is 1.39. The van der Waals surface area contributed by atoms with E-state index < -0.39 is 11.7 Å². The van der Waals surface area contributed by atoms with Crippen LogP contribution in [0.25, 0.3) is 11.0 Å². The highest BCUT2D eigenvalue weighted by Gasteiger charge is 2.71. The summed E-state index contributed by atoms with van der Waals surface area (Å²) in [5.41, 5.74) is 2.93. The molecule has 0 aliphatic heterocycles. The van der Waals surface area contributed by atoms with E-state index in [-0.39, 0.29) is 45.8 Å². The average Bonchev–Trinajstić information content (AvgIpc) is 3.61. The number of fused-ring (bicyclic) bond motifs is 7. The third-order valence-electron chi connectivity index (χ3n) is 13.7. The molecule has 1 amide bonds. The standard InChI is InChI=1S/C36H48N4O3S/c1-32(2)26-12-15-34(4)27(33(26,3)20-24-30(32)39-23-10-8-7-9-22(23)38-24)19-25(41)29-21(11-14-35(29,34)5)36(6,43)16-13-28(42)40-31-37-17-18-44-31/h7-10,17-18,21,25-27,29,41,43H,11-16,19-20H2,1-6H3,(H,37,40,42)/t21-,25+,26-,27+,29-,33-,34+,35+,36-/m0/s1. The zero-order chi connectivity index (χ0) is 31.3. The molecule has 0 bridgehead atoms. The van der Waals surface area contributed by atoms with E-state index in [1.165, 1.54) is 11.3 Å². The van der Waals surface area contributed by atoms with Crippen LogP contribution in [0.2, 0.25) is 0 Å². The molecule has 4 aliphatic carbocycles. The van der Waals surface area contributed by atoms with Crippen LogP contribution in [-0.4, -0.2) is 42.8 Å². The van der Waals surface area contributed by atoms with Gasteiger partial charge in [-0.2, -0.15) is 0 Å². The summed E-state index contributed by atoms with van der Waals surface area (Å²) in [7, 11) is 0. The Morgan fingerprint density at radius 2 is 1.75 bits per heavy atom. The van der Waals surface area contributed by atoms with Crippen molar-refractivity contribution >= 4 is 33.4 Å². The van der Waals surface area contributed by atoms with E-state index in [1.807, 2.05) is 24.4 Å². The predicted molar refractivity (Wildman–Crippen MR) is 174 cm³/mol. The third-order valence-corrected chi connectivity index (χ3v) is 14.4. The van der Waals surface area contributed by atoms with Crippen LogP contribution in [0.15, 0.2) is 35.8 Å². The van der Waals surface area contributed by atoms with Gasteiger partial charge < -0.3 is 15.5 Å². The number of hydrogen-bond donors (Lipinski definition) is 3. The Bertz CT molecular complexity index is 1590. The largest absolute Gasteiger partial charge is 0.393 e. The fourth-order valence-electron chi connectivity index (χ4n) is 11.5. The summed E-state index contributed by atoms with van der Waals surface area (Å²) in [5, 5.41) is 29.3. The summed E-state index contributed by atoms with van der Waals surface area (Å²) in [6.07, 6.45) is 7.49. The van der Waals surface area contributed by atoms with Crippen molar-refractivity contribution in [2.45, 2.75) is 110 Å². The molecule has 8 heteroatoms. The Labute approximate surface area is 265 Å². The number of carbonyl (C=O) groups is 1. The van der Waals surface area contributed by atoms with Crippen LogP contribution in [0.3, 0.4) is 0 Å². The molecule has 44 heavy (non-hydrogen) atoms. The number of amides is 1. The number of anilines is 1. The highest BCUT2D eigenvalue weighted by atomic mass is 32.1. The number of carbonyl (C=O) groups excluding carboxylic acids is 1. The Morgan fingerprint density at radius 1 is 1.05 bits per heavy atom. The molecule has 0 radical (unpaired) electrons. The summed E-state index contributed by atoms with van der Waals surface area (Å²) < 4.78 is 0. The lowest BCUT2D eigenvalue weighted by molar-refractivity contribution is -0.224. The normalized spacial score (nSPS) is 38.6. The van der Waals surface area contributed by atoms with Gasteiger partial charge in [0, 0.05) is 23.4 Å². The van der Waals surface area contributed by atoms with Crippen molar-refractivity contribution in [3.05, 3.63) is 47.2 Å². The minimum atomic E-state index is -1.05. The number of hydrogen-bond acceptors (Lipinski definition) is 7. The van der Waals surface area contributed by atoms with Crippen molar-refractivity contribution in [2.24, 2.45) is 39.9 Å². The Kier molecular flexibility index (Phi) is 6.90. The molecule has 9 atom stereocenters. The van der Waals surface area contributed by atoms with Gasteiger partial charge in [0.2, 0.25) is 5.91 Å². The lowest BCUT2D eigenvalue weighted by atomic mass is 9.35. The number of benzene rings is 1. The van der Waals surface area contributed by atoms with Crippen LogP contribution < -0.4 is 5.32 Å². The van der Waals surface area contributed by atoms with Gasteiger partial charge in [-0.05, 0) is 104 Å². The van der Waals surface area contributed by atoms with Crippen LogP contribution in [0.4, 0.5) is 5.13 Å². The zero-order valence-corrected chi connectivity index (χ0v) is 27.9. The molecule has 3 N–H and O–H groups in total. The van der Waals surface area contributed by atoms with Crippen LogP contribution in [-0.2, 0) is 16.6 Å². The van der Waals surface area contributed by atoms with Gasteiger partial charge in [0.1, 0.15) is 0 Å². The molecule has 2 heterocycles. The molecule has 4 aliphatic rings. The monoisotopic (exact) mass is 616 g/mol. The maximum absolute atomic E-state index is 12.7. The van der Waals surface area contributed by atoms with E-state index in [4.69, 9.17) is 9.97 Å². The summed E-state index contributed by atoms with van der Waals surface area (Å²) in [5.74, 6) is 0.589. The molecule has 2 aromatic heterocycles. The number of aromatic nitrogens is 3. The molecule has 7 nitrogen and oxygen atoms in total. The van der Waals surface area contributed by atoms with Gasteiger partial charge in [-0.1, -0.05) is 46.8 Å². The first-order chi connectivity index (χ1) is 20.7. The quantitative estimate of drug-likeness (QED) is 0.287. The number of rotatable bonds is 5. The molecule has 0 unspecified atom stereocenters. The number of nitrogens with one attached hydrogen (secondary N) is 1. The van der Waals surface area contributed by atoms with E-state index in [1.54, 1.807) is 6.20 Å². The van der Waals surface area contributed by atoms with Crippen molar-refractivity contribution in [3.8, 4) is 0 Å². The highest BCUT2D eigenvalue weighted by Crippen LogP contribution is 2.75. The maximum Gasteiger partial charge on any atom is 0.226 e. The molecule has 1 aromatic carbocycles. The molecule has 3 fully saturated rings. The van der Waals surface area contributed by atoms with Gasteiger partial charge >= 0.3 is 0 Å². The van der Waals surface area contributed by atoms with Gasteiger partial charge in [-0.3, -0.25) is 4.79 Å². The van der Waals surface area contributed by atoms with E-state index in [0.29, 0.717) is 23.4 Å². The van der Waals surface area contributed by atoms with E-state index >= 15 is 0 Å². The van der Waals surface area contributed by atoms with Gasteiger partial charge in [0.05, 0.1) is 34.1 Å². The fraction of sp³-hybridized carbons (Fsp3) is 0.667. The molecule has 0 saturated heterocycles. The van der Waals surface area contributed by atoms with Crippen molar-refractivity contribution in [1.82, 2.24) is 15.0 Å². The van der Waals surface area contributed by atoms with Crippen LogP contribution >= 0.6 is 11.3 Å². The summed E-state index contributed by atoms with van der Waals surface area (Å²) in [6, 6.07) is 8.22. The SMILES string of the molecule is CC1(C)c2nc3ccccc3nc2C[C@]2(C)[C@H]3C[C@@H](O)[C@@H]4[C@@H]([C@@](C)(O)CCC(=O)Nc5nccs5)CC[C@@]4(C)[C@]3(C)CC[C@@H]12. The van der Waals surface area contributed by atoms with Gasteiger partial charge in [-0.15, -0.1) is 11.3 Å². The number of aliphatic hydroxyl groups is 2. The lowest BCUT2D eigenvalue weighted by Crippen LogP contribution is -2.66. The van der Waals surface area contributed by atoms with Crippen molar-refractivity contribution in [1.29, 1.82) is 0 Å². The number of thiazole rings is 1. The summed E-state index contributed by atoms with van der Waals surface area (Å²) in [6.45, 7) is 14.0. The second-order valence-corrected chi connectivity index (χ2v) is 17.0. The van der Waals surface area contributed by atoms with Gasteiger partial charge in [0.15, 0.2) is 5.13 Å². The molecular formula is C36H48N4O3S. The fourth-order valence-corrected chi connectivity index (χ4v) is 12.0. The smallest absolute Gasteiger partial charge is 0.226 e. The van der Waals surface area contributed by atoms with Crippen LogP contribution in [0.1, 0.15) is 97.9 Å². The molecule has 3 saturated carbocycles. The average molecular weight is 617 g/mol. The molecule has 236 valence electrons. The molecule has 7 rings (SSSR count). The number of aliphatic hydroxyl groups excluding tert-OH is 1. The Morgan fingerprint density at radius 3 is 2.45 bits per heavy atom.